The fourth-order valence-electron chi connectivity index (χ4n) is 8.18. The third-order valence-electron chi connectivity index (χ3n) is 9.75. The number of ether oxygens (including phenoxy) is 1. The number of rotatable bonds is 4. The van der Waals surface area contributed by atoms with Crippen LogP contribution >= 0.6 is 0 Å². The quantitative estimate of drug-likeness (QED) is 0.580. The van der Waals surface area contributed by atoms with Gasteiger partial charge in [0.1, 0.15) is 0 Å². The van der Waals surface area contributed by atoms with Crippen LogP contribution in [0.5, 0.6) is 0 Å². The molecule has 4 aliphatic carbocycles. The number of ketones is 1. The van der Waals surface area contributed by atoms with Gasteiger partial charge in [0.25, 0.3) is 0 Å². The van der Waals surface area contributed by atoms with E-state index in [9.17, 15) is 9.59 Å². The molecule has 0 unspecified atom stereocenters. The van der Waals surface area contributed by atoms with Crippen molar-refractivity contribution in [3.8, 4) is 0 Å². The summed E-state index contributed by atoms with van der Waals surface area (Å²) in [4.78, 5) is 23.6. The SMILES string of the molecule is COC(=O)CC[C@H](C)[C@@H]1CC[C@@H]2[C@H]3CCC4=CC(=O)CC[C@]4(C)[C@@H]3CC[C@@]21C. The molecule has 0 N–H and O–H groups in total. The first kappa shape index (κ1) is 20.2. The van der Waals surface area contributed by atoms with Gasteiger partial charge in [-0.05, 0) is 97.9 Å². The van der Waals surface area contributed by atoms with Gasteiger partial charge in [0.15, 0.2) is 5.78 Å². The zero-order chi connectivity index (χ0) is 20.1. The minimum absolute atomic E-state index is 0.0679. The minimum Gasteiger partial charge on any atom is -0.469 e. The molecule has 0 aromatic carbocycles. The van der Waals surface area contributed by atoms with Crippen molar-refractivity contribution < 1.29 is 14.3 Å². The second-order valence-corrected chi connectivity index (χ2v) is 10.8. The van der Waals surface area contributed by atoms with E-state index in [1.807, 2.05) is 6.08 Å². The highest BCUT2D eigenvalue weighted by Gasteiger charge is 2.59. The Labute approximate surface area is 170 Å². The number of fused-ring (bicyclic) bond motifs is 5. The Bertz CT molecular complexity index is 679. The topological polar surface area (TPSA) is 43.4 Å². The third-order valence-corrected chi connectivity index (χ3v) is 9.75. The van der Waals surface area contributed by atoms with Gasteiger partial charge in [-0.2, -0.15) is 0 Å². The first-order valence-corrected chi connectivity index (χ1v) is 11.6. The van der Waals surface area contributed by atoms with E-state index in [0.29, 0.717) is 23.5 Å². The van der Waals surface area contributed by atoms with Crippen LogP contribution in [0.1, 0.15) is 85.0 Å². The van der Waals surface area contributed by atoms with Gasteiger partial charge in [-0.3, -0.25) is 9.59 Å². The van der Waals surface area contributed by atoms with Gasteiger partial charge in [-0.1, -0.05) is 26.3 Å². The van der Waals surface area contributed by atoms with E-state index in [1.165, 1.54) is 44.8 Å². The highest BCUT2D eigenvalue weighted by Crippen LogP contribution is 2.67. The number of allylic oxidation sites excluding steroid dienone is 1. The molecule has 7 atom stereocenters. The Morgan fingerprint density at radius 3 is 2.68 bits per heavy atom. The summed E-state index contributed by atoms with van der Waals surface area (Å²) in [5.41, 5.74) is 2.17. The lowest BCUT2D eigenvalue weighted by molar-refractivity contribution is -0.141. The molecular weight excluding hydrogens is 348 g/mol. The maximum Gasteiger partial charge on any atom is 0.305 e. The molecule has 0 radical (unpaired) electrons. The highest BCUT2D eigenvalue weighted by atomic mass is 16.5. The molecule has 0 amide bonds. The van der Waals surface area contributed by atoms with E-state index < -0.39 is 0 Å². The number of hydrogen-bond donors (Lipinski definition) is 0. The van der Waals surface area contributed by atoms with Crippen LogP contribution in [0.25, 0.3) is 0 Å². The largest absolute Gasteiger partial charge is 0.469 e. The van der Waals surface area contributed by atoms with Crippen LogP contribution in [0.15, 0.2) is 11.6 Å². The molecular formula is C25H38O3. The Morgan fingerprint density at radius 1 is 1.14 bits per heavy atom. The van der Waals surface area contributed by atoms with Crippen LogP contribution in [0.3, 0.4) is 0 Å². The van der Waals surface area contributed by atoms with Gasteiger partial charge in [0.2, 0.25) is 0 Å². The molecule has 0 aliphatic heterocycles. The van der Waals surface area contributed by atoms with Gasteiger partial charge < -0.3 is 4.74 Å². The molecule has 3 saturated carbocycles. The van der Waals surface area contributed by atoms with E-state index >= 15 is 0 Å². The molecule has 3 fully saturated rings. The van der Waals surface area contributed by atoms with Crippen molar-refractivity contribution in [1.29, 1.82) is 0 Å². The van der Waals surface area contributed by atoms with Gasteiger partial charge in [0.05, 0.1) is 7.11 Å². The van der Waals surface area contributed by atoms with Crippen molar-refractivity contribution in [1.82, 2.24) is 0 Å². The Morgan fingerprint density at radius 2 is 1.93 bits per heavy atom. The molecule has 0 aromatic rings. The minimum atomic E-state index is -0.0679. The molecule has 0 bridgehead atoms. The molecule has 4 aliphatic rings. The van der Waals surface area contributed by atoms with Gasteiger partial charge in [-0.25, -0.2) is 0 Å². The molecule has 28 heavy (non-hydrogen) atoms. The Balaban J connectivity index is 1.51. The molecule has 0 heterocycles. The maximum absolute atomic E-state index is 12.0. The first-order valence-electron chi connectivity index (χ1n) is 11.6. The van der Waals surface area contributed by atoms with Crippen LogP contribution < -0.4 is 0 Å². The van der Waals surface area contributed by atoms with Crippen molar-refractivity contribution >= 4 is 11.8 Å². The van der Waals surface area contributed by atoms with Crippen molar-refractivity contribution in [2.45, 2.75) is 85.0 Å². The molecule has 4 rings (SSSR count). The number of esters is 1. The summed E-state index contributed by atoms with van der Waals surface area (Å²) >= 11 is 0. The lowest BCUT2D eigenvalue weighted by Crippen LogP contribution is -2.51. The first-order chi connectivity index (χ1) is 13.3. The summed E-state index contributed by atoms with van der Waals surface area (Å²) in [6, 6.07) is 0. The fraction of sp³-hybridized carbons (Fsp3) is 0.840. The predicted molar refractivity (Wildman–Crippen MR) is 111 cm³/mol. The summed E-state index contributed by atoms with van der Waals surface area (Å²) in [6.45, 7) is 7.40. The van der Waals surface area contributed by atoms with Crippen LogP contribution in [-0.4, -0.2) is 18.9 Å². The van der Waals surface area contributed by atoms with Gasteiger partial charge >= 0.3 is 5.97 Å². The highest BCUT2D eigenvalue weighted by molar-refractivity contribution is 5.91. The van der Waals surface area contributed by atoms with E-state index in [2.05, 4.69) is 20.8 Å². The van der Waals surface area contributed by atoms with Crippen LogP contribution in [-0.2, 0) is 14.3 Å². The van der Waals surface area contributed by atoms with Gasteiger partial charge in [-0.15, -0.1) is 0 Å². The molecule has 3 nitrogen and oxygen atoms in total. The number of carbonyl (C=O) groups excluding carboxylic acids is 2. The lowest BCUT2D eigenvalue weighted by atomic mass is 9.46. The number of carbonyl (C=O) groups is 2. The van der Waals surface area contributed by atoms with Crippen molar-refractivity contribution in [3.05, 3.63) is 11.6 Å². The second kappa shape index (κ2) is 7.29. The summed E-state index contributed by atoms with van der Waals surface area (Å²) in [5, 5.41) is 0. The second-order valence-electron chi connectivity index (χ2n) is 10.8. The number of methoxy groups -OCH3 is 1. The maximum atomic E-state index is 12.0. The monoisotopic (exact) mass is 386 g/mol. The molecule has 156 valence electrons. The van der Waals surface area contributed by atoms with E-state index in [-0.39, 0.29) is 11.4 Å². The standard InChI is InChI=1S/C25H38O3/c1-16(5-10-23(27)28-4)20-8-9-21-19-7-6-17-15-18(26)11-13-24(17,2)22(19)12-14-25(20,21)3/h15-16,19-22H,5-14H2,1-4H3/t16-,19+,20-,21+,22+,24-,25+/m0/s1. The molecule has 0 spiro atoms. The summed E-state index contributed by atoms with van der Waals surface area (Å²) in [7, 11) is 1.49. The summed E-state index contributed by atoms with van der Waals surface area (Å²) in [5.74, 6) is 4.03. The van der Waals surface area contributed by atoms with Crippen LogP contribution in [0.2, 0.25) is 0 Å². The average molecular weight is 387 g/mol. The van der Waals surface area contributed by atoms with Crippen LogP contribution in [0.4, 0.5) is 0 Å². The predicted octanol–water partition coefficient (Wildman–Crippen LogP) is 5.72. The summed E-state index contributed by atoms with van der Waals surface area (Å²) < 4.78 is 4.87. The third kappa shape index (κ3) is 3.08. The zero-order valence-electron chi connectivity index (χ0n) is 18.3. The van der Waals surface area contributed by atoms with Crippen molar-refractivity contribution in [2.24, 2.45) is 40.4 Å². The fourth-order valence-corrected chi connectivity index (χ4v) is 8.18. The Kier molecular flexibility index (Phi) is 5.25. The van der Waals surface area contributed by atoms with E-state index in [0.717, 1.165) is 49.4 Å². The van der Waals surface area contributed by atoms with Crippen LogP contribution in [0, 0.1) is 40.4 Å². The molecule has 0 saturated heterocycles. The van der Waals surface area contributed by atoms with E-state index in [1.54, 1.807) is 0 Å². The number of hydrogen-bond acceptors (Lipinski definition) is 3. The average Bonchev–Trinajstić information content (AvgIpc) is 3.03. The van der Waals surface area contributed by atoms with Crippen molar-refractivity contribution in [3.63, 3.8) is 0 Å². The zero-order valence-corrected chi connectivity index (χ0v) is 18.3. The summed E-state index contributed by atoms with van der Waals surface area (Å²) in [6.07, 6.45) is 13.1. The molecule has 0 aromatic heterocycles. The molecule has 3 heteroatoms. The van der Waals surface area contributed by atoms with Crippen molar-refractivity contribution in [2.75, 3.05) is 7.11 Å². The normalized spacial score (nSPS) is 43.4. The smallest absolute Gasteiger partial charge is 0.305 e. The lowest BCUT2D eigenvalue weighted by Gasteiger charge is -2.58. The van der Waals surface area contributed by atoms with E-state index in [4.69, 9.17) is 4.74 Å². The van der Waals surface area contributed by atoms with Gasteiger partial charge in [0, 0.05) is 12.8 Å². The Hall–Kier alpha value is -1.12.